The molecule has 2 aromatic carbocycles. The topological polar surface area (TPSA) is 88.7 Å². The minimum atomic E-state index is -0.256. The number of amides is 1. The number of hydrogen-bond acceptors (Lipinski definition) is 3. The van der Waals surface area contributed by atoms with Crippen LogP contribution < -0.4 is 21.1 Å². The molecule has 0 aromatic heterocycles. The molecule has 0 atom stereocenters. The van der Waals surface area contributed by atoms with Gasteiger partial charge in [0.05, 0.1) is 23.7 Å². The van der Waals surface area contributed by atoms with Gasteiger partial charge in [0, 0.05) is 23.9 Å². The second-order valence-electron chi connectivity index (χ2n) is 5.01. The van der Waals surface area contributed by atoms with Gasteiger partial charge in [-0.3, -0.25) is 9.79 Å². The van der Waals surface area contributed by atoms with E-state index in [2.05, 4.69) is 15.6 Å². The van der Waals surface area contributed by atoms with Crippen LogP contribution in [0.15, 0.2) is 47.5 Å². The summed E-state index contributed by atoms with van der Waals surface area (Å²) in [5.74, 6) is 0.705. The average molecular weight is 509 g/mol. The second-order valence-corrected chi connectivity index (χ2v) is 5.82. The van der Waals surface area contributed by atoms with Gasteiger partial charge < -0.3 is 21.1 Å². The molecule has 0 bridgehead atoms. The minimum absolute atomic E-state index is 0. The van der Waals surface area contributed by atoms with Gasteiger partial charge >= 0.3 is 0 Å². The molecule has 0 spiro atoms. The Balaban J connectivity index is 0.00000338. The van der Waals surface area contributed by atoms with E-state index in [0.29, 0.717) is 34.4 Å². The number of guanidine groups is 1. The average Bonchev–Trinajstić information content (AvgIpc) is 2.61. The molecule has 9 heteroatoms. The van der Waals surface area contributed by atoms with Crippen LogP contribution in [0.2, 0.25) is 10.0 Å². The number of anilines is 1. The van der Waals surface area contributed by atoms with Gasteiger partial charge in [0.25, 0.3) is 5.91 Å². The third-order valence-electron chi connectivity index (χ3n) is 3.20. The number of rotatable bonds is 6. The molecule has 140 valence electrons. The SMILES string of the molecule is COc1cccc(NC(N)=NCCNC(=O)c2ccc(Cl)c(Cl)c2)c1.I. The molecule has 26 heavy (non-hydrogen) atoms. The summed E-state index contributed by atoms with van der Waals surface area (Å²) >= 11 is 11.7. The van der Waals surface area contributed by atoms with E-state index in [1.807, 2.05) is 18.2 Å². The fraction of sp³-hybridized carbons (Fsp3) is 0.176. The third kappa shape index (κ3) is 6.89. The van der Waals surface area contributed by atoms with E-state index in [4.69, 9.17) is 33.7 Å². The molecular formula is C17H19Cl2IN4O2. The fourth-order valence-corrected chi connectivity index (χ4v) is 2.27. The zero-order chi connectivity index (χ0) is 18.2. The number of nitrogens with one attached hydrogen (secondary N) is 2. The Morgan fingerprint density at radius 3 is 2.65 bits per heavy atom. The zero-order valence-electron chi connectivity index (χ0n) is 14.0. The lowest BCUT2D eigenvalue weighted by atomic mass is 10.2. The number of hydrogen-bond donors (Lipinski definition) is 3. The van der Waals surface area contributed by atoms with Gasteiger partial charge in [-0.05, 0) is 30.3 Å². The standard InChI is InChI=1S/C17H18Cl2N4O2.HI/c1-25-13-4-2-3-12(10-13)23-17(20)22-8-7-21-16(24)11-5-6-14(18)15(19)9-11;/h2-6,9-10H,7-8H2,1H3,(H,21,24)(H3,20,22,23);1H. The van der Waals surface area contributed by atoms with Crippen LogP contribution in [0, 0.1) is 0 Å². The molecule has 0 saturated carbocycles. The number of nitrogens with zero attached hydrogens (tertiary/aromatic N) is 1. The van der Waals surface area contributed by atoms with E-state index in [9.17, 15) is 4.79 Å². The van der Waals surface area contributed by atoms with E-state index >= 15 is 0 Å². The summed E-state index contributed by atoms with van der Waals surface area (Å²) in [4.78, 5) is 16.1. The number of benzene rings is 2. The van der Waals surface area contributed by atoms with E-state index < -0.39 is 0 Å². The van der Waals surface area contributed by atoms with Gasteiger partial charge in [-0.15, -0.1) is 24.0 Å². The summed E-state index contributed by atoms with van der Waals surface area (Å²) in [7, 11) is 1.59. The fourth-order valence-electron chi connectivity index (χ4n) is 1.97. The van der Waals surface area contributed by atoms with Crippen LogP contribution in [0.25, 0.3) is 0 Å². The summed E-state index contributed by atoms with van der Waals surface area (Å²) in [5.41, 5.74) is 7.01. The number of aliphatic imine (C=N–C) groups is 1. The van der Waals surface area contributed by atoms with Crippen molar-refractivity contribution in [2.45, 2.75) is 0 Å². The number of carbonyl (C=O) groups excluding carboxylic acids is 1. The first-order chi connectivity index (χ1) is 12.0. The van der Waals surface area contributed by atoms with Crippen molar-refractivity contribution < 1.29 is 9.53 Å². The van der Waals surface area contributed by atoms with Gasteiger partial charge in [0.2, 0.25) is 0 Å². The lowest BCUT2D eigenvalue weighted by Gasteiger charge is -2.08. The monoisotopic (exact) mass is 508 g/mol. The normalized spacial score (nSPS) is 10.7. The molecule has 0 aliphatic heterocycles. The van der Waals surface area contributed by atoms with Crippen molar-refractivity contribution in [3.05, 3.63) is 58.1 Å². The van der Waals surface area contributed by atoms with Crippen LogP contribution >= 0.6 is 47.2 Å². The Morgan fingerprint density at radius 2 is 1.96 bits per heavy atom. The molecule has 6 nitrogen and oxygen atoms in total. The van der Waals surface area contributed by atoms with Crippen molar-refractivity contribution in [3.8, 4) is 5.75 Å². The molecule has 2 aromatic rings. The van der Waals surface area contributed by atoms with E-state index in [0.717, 1.165) is 5.69 Å². The van der Waals surface area contributed by atoms with Gasteiger partial charge in [0.1, 0.15) is 5.75 Å². The highest BCUT2D eigenvalue weighted by molar-refractivity contribution is 14.0. The molecule has 0 aliphatic rings. The Bertz CT molecular complexity index is 787. The number of methoxy groups -OCH3 is 1. The summed E-state index contributed by atoms with van der Waals surface area (Å²) in [6.07, 6.45) is 0. The summed E-state index contributed by atoms with van der Waals surface area (Å²) in [6.45, 7) is 0.662. The summed E-state index contributed by atoms with van der Waals surface area (Å²) in [5, 5.41) is 6.42. The van der Waals surface area contributed by atoms with Crippen molar-refractivity contribution >= 4 is 64.7 Å². The summed E-state index contributed by atoms with van der Waals surface area (Å²) < 4.78 is 5.13. The van der Waals surface area contributed by atoms with Crippen LogP contribution in [0.5, 0.6) is 5.75 Å². The highest BCUT2D eigenvalue weighted by atomic mass is 127. The predicted molar refractivity (Wildman–Crippen MR) is 117 cm³/mol. The van der Waals surface area contributed by atoms with Crippen molar-refractivity contribution in [1.29, 1.82) is 0 Å². The lowest BCUT2D eigenvalue weighted by molar-refractivity contribution is 0.0955. The first-order valence-corrected chi connectivity index (χ1v) is 8.19. The molecule has 0 heterocycles. The smallest absolute Gasteiger partial charge is 0.251 e. The zero-order valence-corrected chi connectivity index (χ0v) is 17.8. The van der Waals surface area contributed by atoms with E-state index in [-0.39, 0.29) is 35.8 Å². The van der Waals surface area contributed by atoms with Crippen LogP contribution in [0.4, 0.5) is 5.69 Å². The Morgan fingerprint density at radius 1 is 1.19 bits per heavy atom. The Kier molecular flexibility index (Phi) is 9.53. The predicted octanol–water partition coefficient (Wildman–Crippen LogP) is 3.78. The molecular weight excluding hydrogens is 490 g/mol. The van der Waals surface area contributed by atoms with E-state index in [1.165, 1.54) is 6.07 Å². The van der Waals surface area contributed by atoms with Crippen molar-refractivity contribution in [1.82, 2.24) is 5.32 Å². The number of halogens is 3. The first-order valence-electron chi connectivity index (χ1n) is 7.44. The molecule has 0 radical (unpaired) electrons. The third-order valence-corrected chi connectivity index (χ3v) is 3.94. The van der Waals surface area contributed by atoms with Gasteiger partial charge in [0.15, 0.2) is 5.96 Å². The van der Waals surface area contributed by atoms with Crippen molar-refractivity contribution in [2.75, 3.05) is 25.5 Å². The molecule has 0 fully saturated rings. The maximum absolute atomic E-state index is 12.0. The van der Waals surface area contributed by atoms with Gasteiger partial charge in [-0.1, -0.05) is 29.3 Å². The number of ether oxygens (including phenoxy) is 1. The minimum Gasteiger partial charge on any atom is -0.497 e. The van der Waals surface area contributed by atoms with Crippen molar-refractivity contribution in [2.24, 2.45) is 10.7 Å². The second kappa shape index (κ2) is 11.1. The molecule has 0 unspecified atom stereocenters. The molecule has 1 amide bonds. The maximum Gasteiger partial charge on any atom is 0.251 e. The van der Waals surface area contributed by atoms with Gasteiger partial charge in [-0.25, -0.2) is 0 Å². The van der Waals surface area contributed by atoms with Crippen LogP contribution in [-0.2, 0) is 0 Å². The summed E-state index contributed by atoms with van der Waals surface area (Å²) in [6, 6.07) is 12.0. The van der Waals surface area contributed by atoms with Crippen LogP contribution in [0.1, 0.15) is 10.4 Å². The van der Waals surface area contributed by atoms with Crippen molar-refractivity contribution in [3.63, 3.8) is 0 Å². The quantitative estimate of drug-likeness (QED) is 0.240. The Hall–Kier alpha value is -1.71. The van der Waals surface area contributed by atoms with Crippen LogP contribution in [0.3, 0.4) is 0 Å². The highest BCUT2D eigenvalue weighted by Gasteiger charge is 2.07. The first kappa shape index (κ1) is 22.3. The highest BCUT2D eigenvalue weighted by Crippen LogP contribution is 2.22. The number of carbonyl (C=O) groups is 1. The number of nitrogens with two attached hydrogens (primary N) is 1. The lowest BCUT2D eigenvalue weighted by Crippen LogP contribution is -2.28. The van der Waals surface area contributed by atoms with Gasteiger partial charge in [-0.2, -0.15) is 0 Å². The molecule has 4 N–H and O–H groups in total. The molecule has 0 aliphatic carbocycles. The molecule has 0 saturated heterocycles. The maximum atomic E-state index is 12.0. The Labute approximate surface area is 179 Å². The van der Waals surface area contributed by atoms with E-state index in [1.54, 1.807) is 25.3 Å². The molecule has 2 rings (SSSR count). The largest absolute Gasteiger partial charge is 0.497 e. The van der Waals surface area contributed by atoms with Crippen LogP contribution in [-0.4, -0.2) is 32.1 Å².